The first-order valence-electron chi connectivity index (χ1n) is 6.85. The number of carbonyl (C=O) groups excluding carboxylic acids is 1. The number of hydrogen-bond donors (Lipinski definition) is 1. The highest BCUT2D eigenvalue weighted by Crippen LogP contribution is 2.23. The van der Waals surface area contributed by atoms with Crippen molar-refractivity contribution in [3.8, 4) is 0 Å². The monoisotopic (exact) mass is 313 g/mol. The van der Waals surface area contributed by atoms with Gasteiger partial charge in [-0.05, 0) is 23.8 Å². The second-order valence-electron chi connectivity index (χ2n) is 5.09. The normalized spacial score (nSPS) is 10.5. The largest absolute Gasteiger partial charge is 0.383 e. The summed E-state index contributed by atoms with van der Waals surface area (Å²) in [6.45, 7) is 2.44. The van der Waals surface area contributed by atoms with Crippen molar-refractivity contribution in [2.75, 3.05) is 52.8 Å². The van der Waals surface area contributed by atoms with Gasteiger partial charge in [0.2, 0.25) is 5.91 Å². The molecule has 1 aromatic rings. The molecule has 0 heterocycles. The van der Waals surface area contributed by atoms with E-state index in [4.69, 9.17) is 16.3 Å². The van der Waals surface area contributed by atoms with Crippen molar-refractivity contribution in [3.05, 3.63) is 28.8 Å². The predicted molar refractivity (Wildman–Crippen MR) is 87.0 cm³/mol. The number of benzene rings is 1. The third-order valence-electron chi connectivity index (χ3n) is 3.12. The molecule has 21 heavy (non-hydrogen) atoms. The molecule has 0 spiro atoms. The van der Waals surface area contributed by atoms with Gasteiger partial charge in [0.05, 0.1) is 13.2 Å². The van der Waals surface area contributed by atoms with Crippen molar-refractivity contribution in [1.82, 2.24) is 10.2 Å². The highest BCUT2D eigenvalue weighted by atomic mass is 35.5. The standard InChI is InChI=1S/C15H24ClN3O2/c1-18(2)15(20)11-19(3)14-6-5-13(16)9-12(14)10-17-7-8-21-4/h5-6,9,17H,7-8,10-11H2,1-4H3. The van der Waals surface area contributed by atoms with Crippen LogP contribution in [0.4, 0.5) is 5.69 Å². The van der Waals surface area contributed by atoms with Gasteiger partial charge in [-0.2, -0.15) is 0 Å². The van der Waals surface area contributed by atoms with Crippen LogP contribution in [0.5, 0.6) is 0 Å². The lowest BCUT2D eigenvalue weighted by molar-refractivity contribution is -0.127. The maximum Gasteiger partial charge on any atom is 0.241 e. The maximum atomic E-state index is 11.8. The molecule has 0 bridgehead atoms. The molecule has 0 aliphatic rings. The molecule has 6 heteroatoms. The van der Waals surface area contributed by atoms with Gasteiger partial charge in [0, 0.05) is 52.1 Å². The van der Waals surface area contributed by atoms with Crippen LogP contribution in [-0.2, 0) is 16.1 Å². The van der Waals surface area contributed by atoms with Gasteiger partial charge in [-0.25, -0.2) is 0 Å². The van der Waals surface area contributed by atoms with Crippen molar-refractivity contribution in [1.29, 1.82) is 0 Å². The summed E-state index contributed by atoms with van der Waals surface area (Å²) in [6.07, 6.45) is 0. The number of nitrogens with one attached hydrogen (secondary N) is 1. The average molecular weight is 314 g/mol. The molecule has 5 nitrogen and oxygen atoms in total. The summed E-state index contributed by atoms with van der Waals surface area (Å²) < 4.78 is 5.01. The fourth-order valence-electron chi connectivity index (χ4n) is 1.89. The Balaban J connectivity index is 2.77. The summed E-state index contributed by atoms with van der Waals surface area (Å²) in [6, 6.07) is 5.71. The highest BCUT2D eigenvalue weighted by Gasteiger charge is 2.12. The van der Waals surface area contributed by atoms with Gasteiger partial charge < -0.3 is 19.9 Å². The Morgan fingerprint density at radius 2 is 2.05 bits per heavy atom. The Bertz CT molecular complexity index is 466. The van der Waals surface area contributed by atoms with Gasteiger partial charge in [0.15, 0.2) is 0 Å². The van der Waals surface area contributed by atoms with Crippen LogP contribution < -0.4 is 10.2 Å². The Morgan fingerprint density at radius 3 is 2.67 bits per heavy atom. The van der Waals surface area contributed by atoms with Crippen LogP contribution in [0.1, 0.15) is 5.56 Å². The first-order valence-corrected chi connectivity index (χ1v) is 7.23. The topological polar surface area (TPSA) is 44.8 Å². The summed E-state index contributed by atoms with van der Waals surface area (Å²) in [5.41, 5.74) is 2.06. The van der Waals surface area contributed by atoms with Crippen molar-refractivity contribution in [3.63, 3.8) is 0 Å². The summed E-state index contributed by atoms with van der Waals surface area (Å²) in [4.78, 5) is 15.4. The minimum atomic E-state index is 0.0609. The number of nitrogens with zero attached hydrogens (tertiary/aromatic N) is 2. The molecule has 1 aromatic carbocycles. The Hall–Kier alpha value is -1.30. The number of halogens is 1. The third kappa shape index (κ3) is 5.91. The molecule has 0 unspecified atom stereocenters. The second-order valence-corrected chi connectivity index (χ2v) is 5.52. The van der Waals surface area contributed by atoms with Gasteiger partial charge in [-0.3, -0.25) is 4.79 Å². The molecule has 0 fully saturated rings. The molecular weight excluding hydrogens is 290 g/mol. The number of likely N-dealkylation sites (N-methyl/N-ethyl adjacent to an activating group) is 2. The lowest BCUT2D eigenvalue weighted by Crippen LogP contribution is -2.35. The minimum Gasteiger partial charge on any atom is -0.383 e. The van der Waals surface area contributed by atoms with Crippen molar-refractivity contribution >= 4 is 23.2 Å². The van der Waals surface area contributed by atoms with E-state index in [9.17, 15) is 4.79 Å². The summed E-state index contributed by atoms with van der Waals surface area (Å²) in [5.74, 6) is 0.0609. The van der Waals surface area contributed by atoms with Crippen LogP contribution >= 0.6 is 11.6 Å². The first-order chi connectivity index (χ1) is 9.95. The van der Waals surface area contributed by atoms with Crippen LogP contribution in [0.15, 0.2) is 18.2 Å². The number of amides is 1. The molecule has 1 N–H and O–H groups in total. The zero-order valence-corrected chi connectivity index (χ0v) is 13.9. The second kappa shape index (κ2) is 8.87. The number of ether oxygens (including phenoxy) is 1. The van der Waals surface area contributed by atoms with Crippen LogP contribution in [0.3, 0.4) is 0 Å². The molecule has 1 rings (SSSR count). The van der Waals surface area contributed by atoms with Crippen molar-refractivity contribution in [2.24, 2.45) is 0 Å². The number of hydrogen-bond acceptors (Lipinski definition) is 4. The van der Waals surface area contributed by atoms with Crippen LogP contribution in [0, 0.1) is 0 Å². The van der Waals surface area contributed by atoms with Gasteiger partial charge in [0.25, 0.3) is 0 Å². The number of anilines is 1. The highest BCUT2D eigenvalue weighted by molar-refractivity contribution is 6.30. The van der Waals surface area contributed by atoms with Gasteiger partial charge in [0.1, 0.15) is 0 Å². The number of rotatable bonds is 8. The van der Waals surface area contributed by atoms with Gasteiger partial charge in [-0.1, -0.05) is 11.6 Å². The lowest BCUT2D eigenvalue weighted by atomic mass is 10.1. The van der Waals surface area contributed by atoms with E-state index in [0.717, 1.165) is 17.8 Å². The van der Waals surface area contributed by atoms with E-state index in [1.54, 1.807) is 26.1 Å². The number of carbonyl (C=O) groups is 1. The van der Waals surface area contributed by atoms with Crippen LogP contribution in [0.25, 0.3) is 0 Å². The third-order valence-corrected chi connectivity index (χ3v) is 3.36. The van der Waals surface area contributed by atoms with Crippen LogP contribution in [-0.4, -0.2) is 58.8 Å². The van der Waals surface area contributed by atoms with Crippen LogP contribution in [0.2, 0.25) is 5.02 Å². The van der Waals surface area contributed by atoms with E-state index in [-0.39, 0.29) is 5.91 Å². The lowest BCUT2D eigenvalue weighted by Gasteiger charge is -2.24. The summed E-state index contributed by atoms with van der Waals surface area (Å²) in [7, 11) is 7.09. The molecule has 118 valence electrons. The fraction of sp³-hybridized carbons (Fsp3) is 0.533. The Morgan fingerprint density at radius 1 is 1.33 bits per heavy atom. The Labute approximate surface area is 131 Å². The van der Waals surface area contributed by atoms with Gasteiger partial charge >= 0.3 is 0 Å². The van der Waals surface area contributed by atoms with E-state index >= 15 is 0 Å². The quantitative estimate of drug-likeness (QED) is 0.741. The van der Waals surface area contributed by atoms with Crippen molar-refractivity contribution < 1.29 is 9.53 Å². The molecule has 0 atom stereocenters. The van der Waals surface area contributed by atoms with E-state index < -0.39 is 0 Å². The molecule has 0 saturated carbocycles. The summed E-state index contributed by atoms with van der Waals surface area (Å²) >= 11 is 6.07. The fourth-order valence-corrected chi connectivity index (χ4v) is 2.09. The van der Waals surface area contributed by atoms with E-state index in [2.05, 4.69) is 5.32 Å². The maximum absolute atomic E-state index is 11.8. The zero-order valence-electron chi connectivity index (χ0n) is 13.1. The molecular formula is C15H24ClN3O2. The minimum absolute atomic E-state index is 0.0609. The predicted octanol–water partition coefficient (Wildman–Crippen LogP) is 1.60. The smallest absolute Gasteiger partial charge is 0.241 e. The molecule has 0 aliphatic carbocycles. The molecule has 0 aliphatic heterocycles. The molecule has 0 radical (unpaired) electrons. The van der Waals surface area contributed by atoms with Crippen molar-refractivity contribution in [2.45, 2.75) is 6.54 Å². The van der Waals surface area contributed by atoms with Gasteiger partial charge in [-0.15, -0.1) is 0 Å². The van der Waals surface area contributed by atoms with E-state index in [0.29, 0.717) is 24.7 Å². The van der Waals surface area contributed by atoms with E-state index in [1.807, 2.05) is 30.1 Å². The SMILES string of the molecule is COCCNCc1cc(Cl)ccc1N(C)CC(=O)N(C)C. The molecule has 0 saturated heterocycles. The average Bonchev–Trinajstić information content (AvgIpc) is 2.43. The zero-order chi connectivity index (χ0) is 15.8. The molecule has 0 aromatic heterocycles. The number of methoxy groups -OCH3 is 1. The first kappa shape index (κ1) is 17.8. The van der Waals surface area contributed by atoms with E-state index in [1.165, 1.54) is 0 Å². The molecule has 1 amide bonds. The Kier molecular flexibility index (Phi) is 7.50. The summed E-state index contributed by atoms with van der Waals surface area (Å²) in [5, 5.41) is 3.98.